The van der Waals surface area contributed by atoms with Crippen LogP contribution in [-0.2, 0) is 24.1 Å². The Morgan fingerprint density at radius 3 is 2.27 bits per heavy atom. The highest BCUT2D eigenvalue weighted by Crippen LogP contribution is 2.42. The van der Waals surface area contributed by atoms with Gasteiger partial charge in [-0.1, -0.05) is 0 Å². The maximum absolute atomic E-state index is 12.5. The lowest BCUT2D eigenvalue weighted by Gasteiger charge is -2.21. The maximum atomic E-state index is 12.5. The smallest absolute Gasteiger partial charge is 0.298 e. The fraction of sp³-hybridized carbons (Fsp3) is 0.538. The van der Waals surface area contributed by atoms with Crippen molar-refractivity contribution < 1.29 is 31.1 Å². The molecule has 22 heavy (non-hydrogen) atoms. The van der Waals surface area contributed by atoms with Crippen LogP contribution in [0.1, 0.15) is 27.3 Å². The standard InChI is InChI=1S/C13H9F6NOS/c14-12(15,16)11(13(17,18)19)8(21)4-10-7(5-20)6-2-1-3-9(6)22-10/h11H,1-4H2. The van der Waals surface area contributed by atoms with E-state index in [2.05, 4.69) is 0 Å². The number of thiophene rings is 1. The van der Waals surface area contributed by atoms with Crippen molar-refractivity contribution in [2.75, 3.05) is 0 Å². The Hall–Kier alpha value is -1.56. The number of hydrogen-bond donors (Lipinski definition) is 0. The van der Waals surface area contributed by atoms with Crippen molar-refractivity contribution >= 4 is 17.1 Å². The minimum atomic E-state index is -5.69. The monoisotopic (exact) mass is 341 g/mol. The third kappa shape index (κ3) is 3.11. The molecule has 1 heterocycles. The molecule has 0 atom stereocenters. The quantitative estimate of drug-likeness (QED) is 0.781. The summed E-state index contributed by atoms with van der Waals surface area (Å²) in [5.74, 6) is -5.99. The van der Waals surface area contributed by atoms with E-state index < -0.39 is 30.5 Å². The molecule has 1 aliphatic carbocycles. The van der Waals surface area contributed by atoms with Crippen LogP contribution in [0.15, 0.2) is 0 Å². The number of nitriles is 1. The Kier molecular flexibility index (Phi) is 4.26. The Labute approximate surface area is 125 Å². The molecule has 0 N–H and O–H groups in total. The third-order valence-corrected chi connectivity index (χ3v) is 4.71. The van der Waals surface area contributed by atoms with Gasteiger partial charge < -0.3 is 0 Å². The van der Waals surface area contributed by atoms with E-state index in [-0.39, 0.29) is 10.4 Å². The first kappa shape index (κ1) is 16.8. The van der Waals surface area contributed by atoms with Crippen molar-refractivity contribution in [2.24, 2.45) is 5.92 Å². The number of ketones is 1. The zero-order valence-electron chi connectivity index (χ0n) is 10.9. The first-order valence-corrected chi connectivity index (χ1v) is 7.07. The number of carbonyl (C=O) groups is 1. The summed E-state index contributed by atoms with van der Waals surface area (Å²) in [5, 5.41) is 9.04. The topological polar surface area (TPSA) is 40.9 Å². The van der Waals surface area contributed by atoms with Gasteiger partial charge >= 0.3 is 12.4 Å². The first-order valence-electron chi connectivity index (χ1n) is 6.25. The fourth-order valence-corrected chi connectivity index (χ4v) is 3.88. The minimum Gasteiger partial charge on any atom is -0.298 e. The van der Waals surface area contributed by atoms with E-state index in [1.807, 2.05) is 0 Å². The van der Waals surface area contributed by atoms with Crippen molar-refractivity contribution in [1.29, 1.82) is 5.26 Å². The van der Waals surface area contributed by atoms with E-state index >= 15 is 0 Å². The van der Waals surface area contributed by atoms with Gasteiger partial charge in [0.1, 0.15) is 6.07 Å². The Morgan fingerprint density at radius 2 is 1.77 bits per heavy atom. The van der Waals surface area contributed by atoms with Gasteiger partial charge in [-0.05, 0) is 24.8 Å². The fourth-order valence-electron chi connectivity index (χ4n) is 2.53. The molecule has 2 rings (SSSR count). The van der Waals surface area contributed by atoms with Gasteiger partial charge in [-0.3, -0.25) is 4.79 Å². The molecule has 9 heteroatoms. The molecule has 1 aliphatic rings. The first-order chi connectivity index (χ1) is 10.1. The molecular weight excluding hydrogens is 332 g/mol. The Balaban J connectivity index is 2.31. The Bertz CT molecular complexity index is 623. The number of alkyl halides is 6. The third-order valence-electron chi connectivity index (χ3n) is 3.42. The van der Waals surface area contributed by atoms with E-state index in [0.29, 0.717) is 18.4 Å². The van der Waals surface area contributed by atoms with Crippen molar-refractivity contribution in [3.05, 3.63) is 20.9 Å². The van der Waals surface area contributed by atoms with Crippen LogP contribution >= 0.6 is 11.3 Å². The molecule has 2 nitrogen and oxygen atoms in total. The second-order valence-corrected chi connectivity index (χ2v) is 6.12. The largest absolute Gasteiger partial charge is 0.407 e. The van der Waals surface area contributed by atoms with Gasteiger partial charge in [0.25, 0.3) is 0 Å². The van der Waals surface area contributed by atoms with Crippen molar-refractivity contribution in [3.63, 3.8) is 0 Å². The summed E-state index contributed by atoms with van der Waals surface area (Å²) in [5.41, 5.74) is 0.722. The molecule has 0 spiro atoms. The SMILES string of the molecule is N#Cc1c(CC(=O)C(C(F)(F)F)C(F)(F)F)sc2c1CCC2. The number of fused-ring (bicyclic) bond motifs is 1. The molecular formula is C13H9F6NOS. The molecule has 1 aromatic heterocycles. The second-order valence-electron chi connectivity index (χ2n) is 4.93. The second kappa shape index (κ2) is 5.57. The van der Waals surface area contributed by atoms with Gasteiger partial charge in [-0.25, -0.2) is 0 Å². The lowest BCUT2D eigenvalue weighted by atomic mass is 9.97. The van der Waals surface area contributed by atoms with Crippen LogP contribution in [0.25, 0.3) is 0 Å². The van der Waals surface area contributed by atoms with Crippen LogP contribution < -0.4 is 0 Å². The minimum absolute atomic E-state index is 0.00398. The predicted molar refractivity (Wildman–Crippen MR) is 65.4 cm³/mol. The normalized spacial score (nSPS) is 15.0. The van der Waals surface area contributed by atoms with Crippen LogP contribution in [0.4, 0.5) is 26.3 Å². The van der Waals surface area contributed by atoms with E-state index in [0.717, 1.165) is 22.6 Å². The van der Waals surface area contributed by atoms with Gasteiger partial charge in [0.2, 0.25) is 5.92 Å². The van der Waals surface area contributed by atoms with E-state index in [4.69, 9.17) is 5.26 Å². The van der Waals surface area contributed by atoms with Crippen LogP contribution in [-0.4, -0.2) is 18.1 Å². The molecule has 0 amide bonds. The Morgan fingerprint density at radius 1 is 1.18 bits per heavy atom. The average Bonchev–Trinajstić information content (AvgIpc) is 2.84. The van der Waals surface area contributed by atoms with Crippen molar-refractivity contribution in [2.45, 2.75) is 38.0 Å². The van der Waals surface area contributed by atoms with E-state index in [9.17, 15) is 31.1 Å². The number of rotatable bonds is 3. The highest BCUT2D eigenvalue weighted by Gasteiger charge is 2.60. The molecule has 0 saturated carbocycles. The van der Waals surface area contributed by atoms with Crippen molar-refractivity contribution in [3.8, 4) is 6.07 Å². The number of Topliss-reactive ketones (excluding diaryl/α,β-unsaturated/α-hetero) is 1. The van der Waals surface area contributed by atoms with Crippen LogP contribution in [0.3, 0.4) is 0 Å². The molecule has 0 saturated heterocycles. The number of nitrogens with zero attached hydrogens (tertiary/aromatic N) is 1. The van der Waals surface area contributed by atoms with Crippen molar-refractivity contribution in [1.82, 2.24) is 0 Å². The van der Waals surface area contributed by atoms with Gasteiger partial charge in [0.15, 0.2) is 5.78 Å². The summed E-state index contributed by atoms with van der Waals surface area (Å²) in [7, 11) is 0. The summed E-state index contributed by atoms with van der Waals surface area (Å²) in [4.78, 5) is 12.3. The summed E-state index contributed by atoms with van der Waals surface area (Å²) < 4.78 is 75.1. The highest BCUT2D eigenvalue weighted by atomic mass is 32.1. The van der Waals surface area contributed by atoms with Gasteiger partial charge in [0, 0.05) is 16.2 Å². The summed E-state index contributed by atoms with van der Waals surface area (Å²) in [6.45, 7) is 0. The van der Waals surface area contributed by atoms with Gasteiger partial charge in [-0.2, -0.15) is 31.6 Å². The lowest BCUT2D eigenvalue weighted by molar-refractivity contribution is -0.273. The zero-order valence-corrected chi connectivity index (χ0v) is 11.8. The number of hydrogen-bond acceptors (Lipinski definition) is 3. The average molecular weight is 341 g/mol. The number of halogens is 6. The van der Waals surface area contributed by atoms with Crippen LogP contribution in [0.2, 0.25) is 0 Å². The summed E-state index contributed by atoms with van der Waals surface area (Å²) in [6, 6.07) is 1.79. The molecule has 0 radical (unpaired) electrons. The lowest BCUT2D eigenvalue weighted by Crippen LogP contribution is -2.43. The zero-order chi connectivity index (χ0) is 16.7. The molecule has 0 bridgehead atoms. The van der Waals surface area contributed by atoms with Gasteiger partial charge in [-0.15, -0.1) is 11.3 Å². The molecule has 0 aliphatic heterocycles. The number of aryl methyl sites for hydroxylation is 1. The predicted octanol–water partition coefficient (Wildman–Crippen LogP) is 3.96. The summed E-state index contributed by atoms with van der Waals surface area (Å²) in [6.07, 6.45) is -10.4. The molecule has 0 aromatic carbocycles. The van der Waals surface area contributed by atoms with Crippen LogP contribution in [0.5, 0.6) is 0 Å². The maximum Gasteiger partial charge on any atom is 0.407 e. The summed E-state index contributed by atoms with van der Waals surface area (Å²) >= 11 is 0.962. The molecule has 0 fully saturated rings. The van der Waals surface area contributed by atoms with E-state index in [1.54, 1.807) is 6.07 Å². The highest BCUT2D eigenvalue weighted by molar-refractivity contribution is 7.12. The molecule has 1 aromatic rings. The number of carbonyl (C=O) groups excluding carboxylic acids is 1. The molecule has 0 unspecified atom stereocenters. The van der Waals surface area contributed by atoms with E-state index in [1.165, 1.54) is 0 Å². The molecule has 120 valence electrons. The van der Waals surface area contributed by atoms with Crippen LogP contribution in [0, 0.1) is 17.2 Å². The van der Waals surface area contributed by atoms with Gasteiger partial charge in [0.05, 0.1) is 5.56 Å².